The quantitative estimate of drug-likeness (QED) is 0.504. The third-order valence-corrected chi connectivity index (χ3v) is 1.23. The molecule has 0 aromatic heterocycles. The predicted octanol–water partition coefficient (Wildman–Crippen LogP) is 2.07. The van der Waals surface area contributed by atoms with Crippen LogP contribution in [0.3, 0.4) is 0 Å². The second-order valence-corrected chi connectivity index (χ2v) is 2.12. The Morgan fingerprint density at radius 3 is 2.38 bits per heavy atom. The zero-order valence-electron chi connectivity index (χ0n) is 5.47. The number of nitrogens with zero attached hydrogens (tertiary/aromatic N) is 1. The van der Waals surface area contributed by atoms with Crippen LogP contribution in [0.1, 0.15) is 20.8 Å². The van der Waals surface area contributed by atoms with E-state index < -0.39 is 0 Å². The van der Waals surface area contributed by atoms with Crippen LogP contribution in [-0.4, -0.2) is 11.0 Å². The number of hydrogen-bond acceptors (Lipinski definition) is 3. The Labute approximate surface area is 54.3 Å². The van der Waals surface area contributed by atoms with Crippen molar-refractivity contribution in [1.29, 1.82) is 0 Å². The van der Waals surface area contributed by atoms with Crippen LogP contribution < -0.4 is 0 Å². The average Bonchev–Trinajstić information content (AvgIpc) is 2.24. The molecule has 0 saturated heterocycles. The standard InChI is InChI=1S/C3H5NOS.C2H6/c1-3-4-5-2-6-3;1-2/h2H2,1H3;1-2H3. The van der Waals surface area contributed by atoms with E-state index >= 15 is 0 Å². The maximum absolute atomic E-state index is 4.61. The van der Waals surface area contributed by atoms with Crippen LogP contribution in [0, 0.1) is 0 Å². The highest BCUT2D eigenvalue weighted by Crippen LogP contribution is 2.10. The van der Waals surface area contributed by atoms with Gasteiger partial charge in [0.1, 0.15) is 5.04 Å². The summed E-state index contributed by atoms with van der Waals surface area (Å²) < 4.78 is 0. The first-order valence-corrected chi connectivity index (χ1v) is 3.67. The van der Waals surface area contributed by atoms with Gasteiger partial charge in [0.25, 0.3) is 0 Å². The molecule has 0 saturated carbocycles. The Morgan fingerprint density at radius 2 is 2.25 bits per heavy atom. The molecule has 0 fully saturated rings. The number of oxime groups is 1. The molecule has 0 unspecified atom stereocenters. The van der Waals surface area contributed by atoms with Crippen LogP contribution in [0.25, 0.3) is 0 Å². The van der Waals surface area contributed by atoms with Gasteiger partial charge < -0.3 is 4.84 Å². The number of hydrogen-bond donors (Lipinski definition) is 0. The fourth-order valence-electron chi connectivity index (χ4n) is 0.255. The second-order valence-electron chi connectivity index (χ2n) is 1.00. The Hall–Kier alpha value is -0.180. The monoisotopic (exact) mass is 133 g/mol. The molecular formula is C5H11NOS. The fourth-order valence-corrected chi connectivity index (χ4v) is 0.637. The summed E-state index contributed by atoms with van der Waals surface area (Å²) in [6.45, 7) is 5.93. The van der Waals surface area contributed by atoms with Gasteiger partial charge in [-0.15, -0.1) is 0 Å². The summed E-state index contributed by atoms with van der Waals surface area (Å²) in [6, 6.07) is 0. The van der Waals surface area contributed by atoms with E-state index in [4.69, 9.17) is 0 Å². The molecule has 8 heavy (non-hydrogen) atoms. The summed E-state index contributed by atoms with van der Waals surface area (Å²) in [6.07, 6.45) is 0. The zero-order valence-corrected chi connectivity index (χ0v) is 6.29. The van der Waals surface area contributed by atoms with Crippen LogP contribution >= 0.6 is 11.8 Å². The highest BCUT2D eigenvalue weighted by molar-refractivity contribution is 8.13. The van der Waals surface area contributed by atoms with Gasteiger partial charge in [-0.3, -0.25) is 0 Å². The third-order valence-electron chi connectivity index (χ3n) is 0.514. The number of thioether (sulfide) groups is 1. The first-order chi connectivity index (χ1) is 3.89. The average molecular weight is 133 g/mol. The van der Waals surface area contributed by atoms with E-state index in [-0.39, 0.29) is 0 Å². The van der Waals surface area contributed by atoms with Crippen LogP contribution in [0.2, 0.25) is 0 Å². The summed E-state index contributed by atoms with van der Waals surface area (Å²) >= 11 is 1.62. The normalized spacial score (nSPS) is 15.6. The maximum atomic E-state index is 4.61. The molecule has 0 spiro atoms. The van der Waals surface area contributed by atoms with Crippen LogP contribution in [0.5, 0.6) is 0 Å². The predicted molar refractivity (Wildman–Crippen MR) is 38.0 cm³/mol. The molecule has 1 aliphatic rings. The Balaban J connectivity index is 0.000000222. The van der Waals surface area contributed by atoms with Crippen molar-refractivity contribution in [2.75, 3.05) is 5.94 Å². The van der Waals surface area contributed by atoms with Crippen molar-refractivity contribution in [1.82, 2.24) is 0 Å². The Bertz CT molecular complexity index is 82.5. The lowest BCUT2D eigenvalue weighted by Crippen LogP contribution is -1.69. The van der Waals surface area contributed by atoms with Gasteiger partial charge in [-0.05, 0) is 6.92 Å². The van der Waals surface area contributed by atoms with Crippen molar-refractivity contribution in [2.24, 2.45) is 5.16 Å². The molecule has 0 radical (unpaired) electrons. The minimum absolute atomic E-state index is 0.700. The molecule has 1 rings (SSSR count). The first kappa shape index (κ1) is 7.82. The molecule has 0 aromatic rings. The zero-order chi connectivity index (χ0) is 6.41. The molecule has 2 nitrogen and oxygen atoms in total. The van der Waals surface area contributed by atoms with E-state index in [0.717, 1.165) is 5.04 Å². The van der Waals surface area contributed by atoms with Crippen molar-refractivity contribution in [3.05, 3.63) is 0 Å². The Morgan fingerprint density at radius 1 is 1.62 bits per heavy atom. The first-order valence-electron chi connectivity index (χ1n) is 2.69. The summed E-state index contributed by atoms with van der Waals surface area (Å²) in [5.41, 5.74) is 0. The summed E-state index contributed by atoms with van der Waals surface area (Å²) in [5.74, 6) is 0.700. The van der Waals surface area contributed by atoms with E-state index in [2.05, 4.69) is 9.99 Å². The van der Waals surface area contributed by atoms with Gasteiger partial charge in [0, 0.05) is 0 Å². The van der Waals surface area contributed by atoms with Crippen molar-refractivity contribution >= 4 is 16.8 Å². The van der Waals surface area contributed by atoms with Crippen molar-refractivity contribution in [3.8, 4) is 0 Å². The highest BCUT2D eigenvalue weighted by atomic mass is 32.2. The molecule has 0 N–H and O–H groups in total. The molecular weight excluding hydrogens is 122 g/mol. The molecule has 1 aliphatic heterocycles. The molecule has 48 valence electrons. The number of rotatable bonds is 0. The molecule has 0 aromatic carbocycles. The van der Waals surface area contributed by atoms with Crippen molar-refractivity contribution in [2.45, 2.75) is 20.8 Å². The van der Waals surface area contributed by atoms with E-state index in [9.17, 15) is 0 Å². The Kier molecular flexibility index (Phi) is 4.85. The lowest BCUT2D eigenvalue weighted by Gasteiger charge is -1.75. The van der Waals surface area contributed by atoms with E-state index in [1.165, 1.54) is 0 Å². The SMILES string of the molecule is CC.CC1=NOCS1. The van der Waals surface area contributed by atoms with Gasteiger partial charge >= 0.3 is 0 Å². The largest absolute Gasteiger partial charge is 0.384 e. The third kappa shape index (κ3) is 2.91. The van der Waals surface area contributed by atoms with Crippen LogP contribution in [0.15, 0.2) is 5.16 Å². The van der Waals surface area contributed by atoms with Gasteiger partial charge in [-0.25, -0.2) is 0 Å². The van der Waals surface area contributed by atoms with Gasteiger partial charge in [0.05, 0.1) is 0 Å². The van der Waals surface area contributed by atoms with Gasteiger partial charge in [0.15, 0.2) is 5.94 Å². The summed E-state index contributed by atoms with van der Waals surface area (Å²) in [4.78, 5) is 4.61. The minimum atomic E-state index is 0.700. The van der Waals surface area contributed by atoms with E-state index in [0.29, 0.717) is 5.94 Å². The fraction of sp³-hybridized carbons (Fsp3) is 0.800. The van der Waals surface area contributed by atoms with Crippen molar-refractivity contribution in [3.63, 3.8) is 0 Å². The lowest BCUT2D eigenvalue weighted by atomic mass is 10.9. The molecule has 1 heterocycles. The minimum Gasteiger partial charge on any atom is -0.384 e. The molecule has 0 aliphatic carbocycles. The van der Waals surface area contributed by atoms with Crippen LogP contribution in [-0.2, 0) is 4.84 Å². The van der Waals surface area contributed by atoms with Gasteiger partial charge in [-0.2, -0.15) is 0 Å². The van der Waals surface area contributed by atoms with Gasteiger partial charge in [-0.1, -0.05) is 30.8 Å². The summed E-state index contributed by atoms with van der Waals surface area (Å²) in [5, 5.41) is 4.64. The van der Waals surface area contributed by atoms with Gasteiger partial charge in [0.2, 0.25) is 0 Å². The second kappa shape index (κ2) is 4.97. The molecule has 0 bridgehead atoms. The molecule has 0 atom stereocenters. The van der Waals surface area contributed by atoms with E-state index in [1.54, 1.807) is 11.8 Å². The van der Waals surface area contributed by atoms with E-state index in [1.807, 2.05) is 20.8 Å². The smallest absolute Gasteiger partial charge is 0.168 e. The van der Waals surface area contributed by atoms with Crippen molar-refractivity contribution < 1.29 is 4.84 Å². The molecule has 3 heteroatoms. The highest BCUT2D eigenvalue weighted by Gasteiger charge is 1.98. The lowest BCUT2D eigenvalue weighted by molar-refractivity contribution is 0.204. The summed E-state index contributed by atoms with van der Waals surface area (Å²) in [7, 11) is 0. The maximum Gasteiger partial charge on any atom is 0.168 e. The topological polar surface area (TPSA) is 21.6 Å². The van der Waals surface area contributed by atoms with Crippen LogP contribution in [0.4, 0.5) is 0 Å². The molecule has 0 amide bonds.